The van der Waals surface area contributed by atoms with Crippen molar-refractivity contribution >= 4 is 35.6 Å². The molecule has 10 heteroatoms. The summed E-state index contributed by atoms with van der Waals surface area (Å²) >= 11 is 1.21. The highest BCUT2D eigenvalue weighted by molar-refractivity contribution is 8.00. The van der Waals surface area contributed by atoms with Gasteiger partial charge in [-0.2, -0.15) is 0 Å². The number of amides is 3. The number of carbonyl (C=O) groups is 4. The number of carbonyl (C=O) groups excluding carboxylic acids is 2. The molecule has 0 radical (unpaired) electrons. The summed E-state index contributed by atoms with van der Waals surface area (Å²) in [5, 5.41) is 18.1. The minimum atomic E-state index is -1.60. The molecule has 142 valence electrons. The van der Waals surface area contributed by atoms with Gasteiger partial charge in [0.1, 0.15) is 17.1 Å². The first-order valence-corrected chi connectivity index (χ1v) is 9.04. The Bertz CT molecular complexity index is 855. The minimum Gasteiger partial charge on any atom is -0.477 e. The topological polar surface area (TPSA) is 141 Å². The zero-order valence-corrected chi connectivity index (χ0v) is 15.0. The molecular formula is C17H17N3O6S. The second-order valence-corrected chi connectivity index (χ2v) is 7.27. The molecule has 0 unspecified atom stereocenters. The zero-order chi connectivity index (χ0) is 19.9. The van der Waals surface area contributed by atoms with Crippen LogP contribution in [0.3, 0.4) is 0 Å². The number of nitrogens with zero attached hydrogens (tertiary/aromatic N) is 2. The largest absolute Gasteiger partial charge is 0.477 e. The number of rotatable bonds is 4. The van der Waals surface area contributed by atoms with E-state index in [1.165, 1.54) is 11.8 Å². The number of carboxylic acids is 1. The van der Waals surface area contributed by atoms with Crippen LogP contribution in [0.1, 0.15) is 18.5 Å². The van der Waals surface area contributed by atoms with Crippen molar-refractivity contribution in [1.29, 1.82) is 0 Å². The van der Waals surface area contributed by atoms with Crippen LogP contribution in [0.15, 0.2) is 41.6 Å². The number of hydrogen-bond acceptors (Lipinski definition) is 6. The van der Waals surface area contributed by atoms with E-state index in [1.54, 1.807) is 37.3 Å². The third-order valence-electron chi connectivity index (χ3n) is 4.48. The summed E-state index contributed by atoms with van der Waals surface area (Å²) in [6, 6.07) is 5.65. The van der Waals surface area contributed by atoms with Crippen molar-refractivity contribution in [2.45, 2.75) is 24.4 Å². The quantitative estimate of drug-likeness (QED) is 0.641. The SMILES string of the molecule is CC1=C(C(=O)O)N2C(=O)[C@@H](N(C(=O)O)C(=O)[C@H](N)c3ccccc3)[C@H]2SC1. The molecule has 4 N–H and O–H groups in total. The molecule has 2 heterocycles. The van der Waals surface area contributed by atoms with E-state index in [9.17, 15) is 29.4 Å². The summed E-state index contributed by atoms with van der Waals surface area (Å²) in [5.74, 6) is -2.63. The van der Waals surface area contributed by atoms with Crippen molar-refractivity contribution in [3.05, 3.63) is 47.2 Å². The molecule has 0 aromatic heterocycles. The summed E-state index contributed by atoms with van der Waals surface area (Å²) < 4.78 is 0. The molecule has 0 bridgehead atoms. The number of imide groups is 1. The third kappa shape index (κ3) is 3.06. The van der Waals surface area contributed by atoms with Crippen LogP contribution in [0, 0.1) is 0 Å². The summed E-state index contributed by atoms with van der Waals surface area (Å²) in [4.78, 5) is 50.0. The summed E-state index contributed by atoms with van der Waals surface area (Å²) in [5.41, 5.74) is 6.67. The summed E-state index contributed by atoms with van der Waals surface area (Å²) in [6.07, 6.45) is -1.60. The molecule has 3 atom stereocenters. The first-order chi connectivity index (χ1) is 12.8. The van der Waals surface area contributed by atoms with Gasteiger partial charge in [-0.15, -0.1) is 11.8 Å². The van der Waals surface area contributed by atoms with E-state index >= 15 is 0 Å². The fourth-order valence-corrected chi connectivity index (χ4v) is 4.50. The monoisotopic (exact) mass is 391 g/mol. The third-order valence-corrected chi connectivity index (χ3v) is 5.89. The van der Waals surface area contributed by atoms with Gasteiger partial charge in [0.05, 0.1) is 0 Å². The predicted octanol–water partition coefficient (Wildman–Crippen LogP) is 0.835. The van der Waals surface area contributed by atoms with Crippen molar-refractivity contribution in [2.24, 2.45) is 5.73 Å². The summed E-state index contributed by atoms with van der Waals surface area (Å²) in [6.45, 7) is 1.60. The van der Waals surface area contributed by atoms with Gasteiger partial charge in [-0.1, -0.05) is 30.3 Å². The fourth-order valence-electron chi connectivity index (χ4n) is 3.16. The highest BCUT2D eigenvalue weighted by Crippen LogP contribution is 2.42. The Morgan fingerprint density at radius 3 is 2.44 bits per heavy atom. The van der Waals surface area contributed by atoms with Gasteiger partial charge in [0.25, 0.3) is 11.8 Å². The maximum Gasteiger partial charge on any atom is 0.414 e. The number of thioether (sulfide) groups is 1. The van der Waals surface area contributed by atoms with Crippen LogP contribution in [0.4, 0.5) is 4.79 Å². The molecule has 3 amide bonds. The van der Waals surface area contributed by atoms with Gasteiger partial charge in [-0.3, -0.25) is 14.5 Å². The van der Waals surface area contributed by atoms with E-state index in [-0.39, 0.29) is 5.70 Å². The van der Waals surface area contributed by atoms with Crippen molar-refractivity contribution < 1.29 is 29.4 Å². The molecule has 9 nitrogen and oxygen atoms in total. The maximum atomic E-state index is 12.7. The molecule has 1 aromatic rings. The highest BCUT2D eigenvalue weighted by Gasteiger charge is 2.58. The minimum absolute atomic E-state index is 0.162. The van der Waals surface area contributed by atoms with Gasteiger partial charge in [0.15, 0.2) is 6.04 Å². The lowest BCUT2D eigenvalue weighted by Crippen LogP contribution is -2.72. The van der Waals surface area contributed by atoms with E-state index in [2.05, 4.69) is 0 Å². The van der Waals surface area contributed by atoms with Crippen molar-refractivity contribution in [1.82, 2.24) is 9.80 Å². The number of fused-ring (bicyclic) bond motifs is 1. The second kappa shape index (κ2) is 7.05. The number of benzene rings is 1. The van der Waals surface area contributed by atoms with Crippen molar-refractivity contribution in [3.8, 4) is 0 Å². The van der Waals surface area contributed by atoms with E-state index < -0.39 is 41.3 Å². The Morgan fingerprint density at radius 2 is 1.89 bits per heavy atom. The van der Waals surface area contributed by atoms with Crippen LogP contribution >= 0.6 is 11.8 Å². The Hall–Kier alpha value is -2.85. The molecule has 0 saturated carbocycles. The second-order valence-electron chi connectivity index (χ2n) is 6.17. The number of aliphatic carboxylic acids is 1. The maximum absolute atomic E-state index is 12.7. The Labute approximate surface area is 158 Å². The molecule has 2 aliphatic rings. The molecule has 0 spiro atoms. The van der Waals surface area contributed by atoms with E-state index in [0.29, 0.717) is 21.8 Å². The van der Waals surface area contributed by atoms with Crippen molar-refractivity contribution in [3.63, 3.8) is 0 Å². The van der Waals surface area contributed by atoms with Crippen LogP contribution in [0.5, 0.6) is 0 Å². The number of hydrogen-bond donors (Lipinski definition) is 3. The molecule has 3 rings (SSSR count). The van der Waals surface area contributed by atoms with Gasteiger partial charge in [0, 0.05) is 5.75 Å². The zero-order valence-electron chi connectivity index (χ0n) is 14.2. The Morgan fingerprint density at radius 1 is 1.26 bits per heavy atom. The molecule has 2 aliphatic heterocycles. The van der Waals surface area contributed by atoms with Crippen LogP contribution in [0.25, 0.3) is 0 Å². The molecule has 1 saturated heterocycles. The van der Waals surface area contributed by atoms with Gasteiger partial charge in [-0.25, -0.2) is 14.5 Å². The lowest BCUT2D eigenvalue weighted by Gasteiger charge is -2.51. The highest BCUT2D eigenvalue weighted by atomic mass is 32.2. The number of carboxylic acid groups (broad SMARTS) is 2. The average Bonchev–Trinajstić information content (AvgIpc) is 2.64. The fraction of sp³-hybridized carbons (Fsp3) is 0.294. The predicted molar refractivity (Wildman–Crippen MR) is 95.5 cm³/mol. The summed E-state index contributed by atoms with van der Waals surface area (Å²) in [7, 11) is 0. The van der Waals surface area contributed by atoms with E-state index in [4.69, 9.17) is 5.73 Å². The smallest absolute Gasteiger partial charge is 0.414 e. The number of nitrogens with two attached hydrogens (primary N) is 1. The molecule has 1 aromatic carbocycles. The molecule has 1 fully saturated rings. The van der Waals surface area contributed by atoms with Gasteiger partial charge in [-0.05, 0) is 18.1 Å². The first kappa shape index (κ1) is 18.9. The van der Waals surface area contributed by atoms with Gasteiger partial charge >= 0.3 is 12.1 Å². The van der Waals surface area contributed by atoms with Crippen LogP contribution < -0.4 is 5.73 Å². The van der Waals surface area contributed by atoms with Gasteiger partial charge < -0.3 is 15.9 Å². The van der Waals surface area contributed by atoms with Crippen molar-refractivity contribution in [2.75, 3.05) is 5.75 Å². The van der Waals surface area contributed by atoms with E-state index in [0.717, 1.165) is 4.90 Å². The Kier molecular flexibility index (Phi) is 4.94. The lowest BCUT2D eigenvalue weighted by atomic mass is 9.99. The van der Waals surface area contributed by atoms with Crippen LogP contribution in [-0.2, 0) is 14.4 Å². The van der Waals surface area contributed by atoms with Gasteiger partial charge in [0.2, 0.25) is 0 Å². The van der Waals surface area contributed by atoms with E-state index in [1.807, 2.05) is 0 Å². The molecular weight excluding hydrogens is 374 g/mol. The molecule has 0 aliphatic carbocycles. The van der Waals surface area contributed by atoms with Crippen LogP contribution in [-0.4, -0.2) is 61.1 Å². The lowest BCUT2D eigenvalue weighted by molar-refractivity contribution is -0.158. The Balaban J connectivity index is 1.90. The standard InChI is InChI=1S/C17H17N3O6S/c1-8-7-27-15-12(14(22)19(15)11(8)16(23)24)20(17(25)26)13(21)10(18)9-5-3-2-4-6-9/h2-6,10,12,15H,7,18H2,1H3,(H,23,24)(H,25,26)/t10-,12-,15-/m1/s1. The average molecular weight is 391 g/mol. The van der Waals surface area contributed by atoms with Crippen LogP contribution in [0.2, 0.25) is 0 Å². The number of β-lactam (4-membered cyclic amide) rings is 1. The molecule has 27 heavy (non-hydrogen) atoms. The normalized spacial score (nSPS) is 22.6. The first-order valence-electron chi connectivity index (χ1n) is 8.00.